The molecule has 6 aliphatic carbocycles. The third kappa shape index (κ3) is 4.23. The van der Waals surface area contributed by atoms with E-state index in [2.05, 4.69) is 0 Å². The molecule has 6 rings (SSSR count). The van der Waals surface area contributed by atoms with Crippen LogP contribution in [0.25, 0.3) is 0 Å². The second-order valence-electron chi connectivity index (χ2n) is 12.3. The number of carboxylic acids is 6. The summed E-state index contributed by atoms with van der Waals surface area (Å²) in [7, 11) is 0. The zero-order valence-corrected chi connectivity index (χ0v) is 23.3. The number of rotatable bonds is 8. The summed E-state index contributed by atoms with van der Waals surface area (Å²) in [5.41, 5.74) is -3.54. The SMILES string of the molecule is CC1=CC2(C)C(C(=O)O)C(C(=O)O)C1C(C(=O)O)C2C(=O)OC(=O)C1C(C(=O)O)C2C(C)=CC1(C)C(C(=O)O)C2C(=O)O. The molecule has 0 aliphatic heterocycles. The molecule has 43 heavy (non-hydrogen) atoms. The van der Waals surface area contributed by atoms with E-state index in [1.165, 1.54) is 39.8 Å². The summed E-state index contributed by atoms with van der Waals surface area (Å²) >= 11 is 0. The molecule has 6 N–H and O–H groups in total. The van der Waals surface area contributed by atoms with Crippen LogP contribution >= 0.6 is 0 Å². The maximum atomic E-state index is 13.7. The Kier molecular flexibility index (Phi) is 7.31. The highest BCUT2D eigenvalue weighted by atomic mass is 16.6. The van der Waals surface area contributed by atoms with Crippen molar-refractivity contribution >= 4 is 47.8 Å². The van der Waals surface area contributed by atoms with Gasteiger partial charge in [0.05, 0.1) is 47.3 Å². The quantitative estimate of drug-likeness (QED) is 0.126. The number of ether oxygens (including phenoxy) is 1. The zero-order valence-electron chi connectivity index (χ0n) is 23.3. The van der Waals surface area contributed by atoms with Crippen LogP contribution in [-0.4, -0.2) is 78.4 Å². The minimum absolute atomic E-state index is 0.211. The molecule has 15 heteroatoms. The first-order valence-corrected chi connectivity index (χ1v) is 13.2. The van der Waals surface area contributed by atoms with Gasteiger partial charge in [-0.25, -0.2) is 0 Å². The van der Waals surface area contributed by atoms with Gasteiger partial charge in [0.1, 0.15) is 0 Å². The van der Waals surface area contributed by atoms with Crippen molar-refractivity contribution in [3.8, 4) is 0 Å². The number of aliphatic carboxylic acids is 6. The number of fused-ring (bicyclic) bond motifs is 4. The lowest BCUT2D eigenvalue weighted by atomic mass is 9.44. The molecule has 0 heterocycles. The van der Waals surface area contributed by atoms with E-state index in [9.17, 15) is 69.0 Å². The number of hydrogen-bond acceptors (Lipinski definition) is 9. The van der Waals surface area contributed by atoms with Crippen LogP contribution in [0, 0.1) is 70.0 Å². The van der Waals surface area contributed by atoms with Crippen LogP contribution in [0.15, 0.2) is 23.3 Å². The lowest BCUT2D eigenvalue weighted by Crippen LogP contribution is -2.65. The normalized spacial score (nSPS) is 40.9. The van der Waals surface area contributed by atoms with Crippen molar-refractivity contribution in [2.45, 2.75) is 27.7 Å². The maximum absolute atomic E-state index is 13.7. The van der Waals surface area contributed by atoms with E-state index in [0.29, 0.717) is 0 Å². The van der Waals surface area contributed by atoms with Gasteiger partial charge in [-0.1, -0.05) is 37.1 Å². The van der Waals surface area contributed by atoms with Gasteiger partial charge < -0.3 is 35.4 Å². The number of esters is 2. The molecule has 0 saturated heterocycles. The zero-order chi connectivity index (χ0) is 32.7. The number of hydrogen-bond donors (Lipinski definition) is 6. The summed E-state index contributed by atoms with van der Waals surface area (Å²) < 4.78 is 5.10. The second-order valence-corrected chi connectivity index (χ2v) is 12.3. The van der Waals surface area contributed by atoms with Gasteiger partial charge in [0.25, 0.3) is 0 Å². The van der Waals surface area contributed by atoms with Gasteiger partial charge in [-0.05, 0) is 13.8 Å². The fourth-order valence-electron chi connectivity index (χ4n) is 8.93. The first kappa shape index (κ1) is 31.4. The summed E-state index contributed by atoms with van der Waals surface area (Å²) in [6.45, 7) is 5.13. The first-order valence-electron chi connectivity index (χ1n) is 13.2. The van der Waals surface area contributed by atoms with Crippen molar-refractivity contribution in [2.24, 2.45) is 70.0 Å². The predicted molar refractivity (Wildman–Crippen MR) is 136 cm³/mol. The molecule has 232 valence electrons. The monoisotopic (exact) mass is 606 g/mol. The highest BCUT2D eigenvalue weighted by Crippen LogP contribution is 2.63. The molecule has 6 aliphatic rings. The summed E-state index contributed by atoms with van der Waals surface area (Å²) in [4.78, 5) is 101. The van der Waals surface area contributed by atoms with Crippen molar-refractivity contribution in [3.05, 3.63) is 23.3 Å². The van der Waals surface area contributed by atoms with E-state index in [4.69, 9.17) is 4.74 Å². The Morgan fingerprint density at radius 3 is 1.00 bits per heavy atom. The van der Waals surface area contributed by atoms with Crippen LogP contribution in [0.3, 0.4) is 0 Å². The topological polar surface area (TPSA) is 267 Å². The van der Waals surface area contributed by atoms with Crippen molar-refractivity contribution in [1.29, 1.82) is 0 Å². The Morgan fingerprint density at radius 1 is 0.512 bits per heavy atom. The maximum Gasteiger partial charge on any atom is 0.318 e. The smallest absolute Gasteiger partial charge is 0.318 e. The molecule has 0 amide bonds. The Balaban J connectivity index is 1.81. The Hall–Kier alpha value is -4.56. The molecular formula is C28H30O15. The van der Waals surface area contributed by atoms with E-state index in [-0.39, 0.29) is 11.1 Å². The molecule has 2 saturated carbocycles. The fourth-order valence-corrected chi connectivity index (χ4v) is 8.93. The summed E-state index contributed by atoms with van der Waals surface area (Å²) in [5.74, 6) is -30.4. The van der Waals surface area contributed by atoms with E-state index < -0.39 is 118 Å². The number of carbonyl (C=O) groups excluding carboxylic acids is 2. The molecule has 0 spiro atoms. The van der Waals surface area contributed by atoms with Gasteiger partial charge >= 0.3 is 47.8 Å². The van der Waals surface area contributed by atoms with Crippen LogP contribution in [0.1, 0.15) is 27.7 Å². The summed E-state index contributed by atoms with van der Waals surface area (Å²) in [6.07, 6.45) is 2.55. The van der Waals surface area contributed by atoms with Gasteiger partial charge in [-0.15, -0.1) is 0 Å². The molecule has 0 aromatic rings. The van der Waals surface area contributed by atoms with Crippen LogP contribution < -0.4 is 0 Å². The van der Waals surface area contributed by atoms with Crippen LogP contribution in [0.2, 0.25) is 0 Å². The van der Waals surface area contributed by atoms with Gasteiger partial charge in [0, 0.05) is 22.7 Å². The Morgan fingerprint density at radius 2 is 0.767 bits per heavy atom. The van der Waals surface area contributed by atoms with Gasteiger partial charge in [0.15, 0.2) is 0 Å². The lowest BCUT2D eigenvalue weighted by molar-refractivity contribution is -0.199. The standard InChI is InChI=1S/C28H30O15/c1-7-5-27(3)15(23(37)38)11(19(29)30)9(7)13(21(33)34)17(27)25(41)43-26(42)18-14(22(35)36)10-8(2)6-28(18,4)16(24(39)40)12(10)20(31)32/h5-6,9-18H,1-4H3,(H,29,30)(H,31,32)(H,33,34)(H,35,36)(H,37,38)(H,39,40). The Bertz CT molecular complexity index is 1330. The van der Waals surface area contributed by atoms with Crippen molar-refractivity contribution in [2.75, 3.05) is 0 Å². The van der Waals surface area contributed by atoms with Crippen molar-refractivity contribution in [3.63, 3.8) is 0 Å². The third-order valence-electron chi connectivity index (χ3n) is 10.2. The van der Waals surface area contributed by atoms with E-state index in [1.807, 2.05) is 0 Å². The van der Waals surface area contributed by atoms with Gasteiger partial charge in [-0.3, -0.25) is 38.4 Å². The minimum atomic E-state index is -1.98. The average molecular weight is 607 g/mol. The largest absolute Gasteiger partial charge is 0.481 e. The summed E-state index contributed by atoms with van der Waals surface area (Å²) in [5, 5.41) is 59.9. The molecule has 2 fully saturated rings. The van der Waals surface area contributed by atoms with E-state index >= 15 is 0 Å². The number of carboxylic acid groups (broad SMARTS) is 6. The number of carbonyl (C=O) groups is 8. The molecule has 15 nitrogen and oxygen atoms in total. The molecule has 12 atom stereocenters. The first-order chi connectivity index (χ1) is 19.7. The molecular weight excluding hydrogens is 576 g/mol. The highest BCUT2D eigenvalue weighted by Gasteiger charge is 2.71. The van der Waals surface area contributed by atoms with Crippen LogP contribution in [0.4, 0.5) is 0 Å². The van der Waals surface area contributed by atoms with Crippen LogP contribution in [0.5, 0.6) is 0 Å². The van der Waals surface area contributed by atoms with E-state index in [0.717, 1.165) is 0 Å². The minimum Gasteiger partial charge on any atom is -0.481 e. The van der Waals surface area contributed by atoms with Crippen LogP contribution in [-0.2, 0) is 43.1 Å². The lowest BCUT2D eigenvalue weighted by Gasteiger charge is -2.57. The molecule has 0 radical (unpaired) electrons. The molecule has 12 unspecified atom stereocenters. The summed E-state index contributed by atoms with van der Waals surface area (Å²) in [6, 6.07) is 0. The predicted octanol–water partition coefficient (Wildman–Crippen LogP) is 0.685. The second kappa shape index (κ2) is 10.0. The number of allylic oxidation sites excluding steroid dienone is 4. The average Bonchev–Trinajstić information content (AvgIpc) is 2.84. The van der Waals surface area contributed by atoms with Gasteiger partial charge in [-0.2, -0.15) is 0 Å². The molecule has 4 bridgehead atoms. The fraction of sp³-hybridized carbons (Fsp3) is 0.571. The van der Waals surface area contributed by atoms with Crippen molar-refractivity contribution < 1.29 is 73.7 Å². The van der Waals surface area contributed by atoms with Crippen molar-refractivity contribution in [1.82, 2.24) is 0 Å². The highest BCUT2D eigenvalue weighted by molar-refractivity contribution is 5.97. The Labute approximate surface area is 242 Å². The van der Waals surface area contributed by atoms with E-state index in [1.54, 1.807) is 0 Å². The molecule has 0 aromatic carbocycles. The van der Waals surface area contributed by atoms with Gasteiger partial charge in [0.2, 0.25) is 0 Å². The third-order valence-corrected chi connectivity index (χ3v) is 10.2. The molecule has 0 aromatic heterocycles.